The maximum Gasteiger partial charge on any atom is 0.173 e. The molecule has 1 aliphatic rings. The number of piperazine rings is 1. The summed E-state index contributed by atoms with van der Waals surface area (Å²) in [7, 11) is 0. The fourth-order valence-corrected chi connectivity index (χ4v) is 2.61. The second-order valence-corrected chi connectivity index (χ2v) is 5.29. The van der Waals surface area contributed by atoms with Crippen molar-refractivity contribution in [3.63, 3.8) is 0 Å². The van der Waals surface area contributed by atoms with Gasteiger partial charge in [-0.2, -0.15) is 0 Å². The highest BCUT2D eigenvalue weighted by molar-refractivity contribution is 7.80. The van der Waals surface area contributed by atoms with Crippen LogP contribution in [0.3, 0.4) is 0 Å². The Bertz CT molecular complexity index is 416. The van der Waals surface area contributed by atoms with Crippen LogP contribution in [-0.4, -0.2) is 42.7 Å². The molecule has 0 amide bonds. The molecule has 0 saturated carbocycles. The zero-order chi connectivity index (χ0) is 13.0. The molecule has 1 fully saturated rings. The first kappa shape index (κ1) is 13.6. The molecular weight excluding hydrogens is 266 g/mol. The highest BCUT2D eigenvalue weighted by Crippen LogP contribution is 2.20. The van der Waals surface area contributed by atoms with Crippen molar-refractivity contribution in [2.24, 2.45) is 0 Å². The summed E-state index contributed by atoms with van der Waals surface area (Å²) in [4.78, 5) is 3.87. The van der Waals surface area contributed by atoms with E-state index in [9.17, 15) is 0 Å². The van der Waals surface area contributed by atoms with Gasteiger partial charge < -0.3 is 15.1 Å². The molecule has 1 aromatic rings. The first-order chi connectivity index (χ1) is 8.70. The quantitative estimate of drug-likeness (QED) is 0.798. The van der Waals surface area contributed by atoms with Gasteiger partial charge in [-0.05, 0) is 31.3 Å². The largest absolute Gasteiger partial charge is 0.338 e. The molecule has 0 aliphatic carbocycles. The zero-order valence-electron chi connectivity index (χ0n) is 10.6. The molecule has 0 spiro atoms. The maximum atomic E-state index is 6.11. The minimum Gasteiger partial charge on any atom is -0.338 e. The molecule has 2 rings (SSSR count). The molecule has 1 heterocycles. The summed E-state index contributed by atoms with van der Waals surface area (Å²) in [5, 5.41) is 4.71. The van der Waals surface area contributed by atoms with E-state index in [4.69, 9.17) is 23.8 Å². The molecule has 2 N–H and O–H groups in total. The molecule has 5 heteroatoms. The summed E-state index contributed by atoms with van der Waals surface area (Å²) in [5.74, 6) is 0. The fourth-order valence-electron chi connectivity index (χ4n) is 2.14. The highest BCUT2D eigenvalue weighted by atomic mass is 35.5. The van der Waals surface area contributed by atoms with Gasteiger partial charge in [0.15, 0.2) is 5.11 Å². The van der Waals surface area contributed by atoms with Crippen molar-refractivity contribution < 1.29 is 4.90 Å². The average Bonchev–Trinajstić information content (AvgIpc) is 2.41. The van der Waals surface area contributed by atoms with E-state index in [1.165, 1.54) is 6.54 Å². The van der Waals surface area contributed by atoms with Crippen molar-refractivity contribution in [1.82, 2.24) is 4.90 Å². The van der Waals surface area contributed by atoms with Crippen molar-refractivity contribution in [3.8, 4) is 0 Å². The van der Waals surface area contributed by atoms with Gasteiger partial charge in [-0.15, -0.1) is 0 Å². The SMILES string of the molecule is CC[NH+]1CCN(C(=S)Nc2ccccc2Cl)CC1. The molecule has 0 atom stereocenters. The maximum absolute atomic E-state index is 6.11. The number of benzene rings is 1. The normalized spacial score (nSPS) is 16.7. The fraction of sp³-hybridized carbons (Fsp3) is 0.462. The third kappa shape index (κ3) is 3.34. The molecule has 1 saturated heterocycles. The number of halogens is 1. The van der Waals surface area contributed by atoms with Crippen LogP contribution in [0.1, 0.15) is 6.92 Å². The topological polar surface area (TPSA) is 19.7 Å². The van der Waals surface area contributed by atoms with Gasteiger partial charge in [0, 0.05) is 0 Å². The van der Waals surface area contributed by atoms with Gasteiger partial charge in [0.05, 0.1) is 43.4 Å². The third-order valence-electron chi connectivity index (χ3n) is 3.37. The summed E-state index contributed by atoms with van der Waals surface area (Å²) < 4.78 is 0. The molecular formula is C13H19ClN3S+. The molecule has 1 aliphatic heterocycles. The minimum atomic E-state index is 0.706. The van der Waals surface area contributed by atoms with Gasteiger partial charge in [-0.1, -0.05) is 23.7 Å². The van der Waals surface area contributed by atoms with Crippen molar-refractivity contribution in [1.29, 1.82) is 0 Å². The summed E-state index contributed by atoms with van der Waals surface area (Å²) in [6.07, 6.45) is 0. The Morgan fingerprint density at radius 2 is 2.06 bits per heavy atom. The molecule has 0 aromatic heterocycles. The van der Waals surface area contributed by atoms with E-state index in [0.717, 1.165) is 37.0 Å². The van der Waals surface area contributed by atoms with Crippen molar-refractivity contribution in [2.75, 3.05) is 38.0 Å². The van der Waals surface area contributed by atoms with Crippen LogP contribution >= 0.6 is 23.8 Å². The van der Waals surface area contributed by atoms with Crippen LogP contribution in [0.15, 0.2) is 24.3 Å². The number of rotatable bonds is 2. The number of hydrogen-bond acceptors (Lipinski definition) is 1. The number of para-hydroxylation sites is 1. The van der Waals surface area contributed by atoms with E-state index in [1.54, 1.807) is 4.90 Å². The summed E-state index contributed by atoms with van der Waals surface area (Å²) >= 11 is 11.5. The smallest absolute Gasteiger partial charge is 0.173 e. The summed E-state index contributed by atoms with van der Waals surface area (Å²) in [6.45, 7) is 7.75. The van der Waals surface area contributed by atoms with E-state index in [-0.39, 0.29) is 0 Å². The second kappa shape index (κ2) is 6.36. The van der Waals surface area contributed by atoms with Gasteiger partial charge in [0.2, 0.25) is 0 Å². The van der Waals surface area contributed by atoms with Gasteiger partial charge in [-0.3, -0.25) is 0 Å². The standard InChI is InChI=1S/C13H18ClN3S/c1-2-16-7-9-17(10-8-16)13(18)15-12-6-4-3-5-11(12)14/h3-6H,2,7-10H2,1H3,(H,15,18)/p+1. The Morgan fingerprint density at radius 1 is 1.39 bits per heavy atom. The molecule has 0 bridgehead atoms. The minimum absolute atomic E-state index is 0.706. The highest BCUT2D eigenvalue weighted by Gasteiger charge is 2.20. The van der Waals surface area contributed by atoms with Crippen LogP contribution in [0, 0.1) is 0 Å². The zero-order valence-corrected chi connectivity index (χ0v) is 12.2. The lowest BCUT2D eigenvalue weighted by Gasteiger charge is -2.33. The van der Waals surface area contributed by atoms with Gasteiger partial charge in [0.1, 0.15) is 0 Å². The number of nitrogens with one attached hydrogen (secondary N) is 2. The van der Waals surface area contributed by atoms with Crippen molar-refractivity contribution in [3.05, 3.63) is 29.3 Å². The molecule has 0 radical (unpaired) electrons. The Balaban J connectivity index is 1.91. The average molecular weight is 285 g/mol. The Morgan fingerprint density at radius 3 is 2.67 bits per heavy atom. The number of hydrogen-bond donors (Lipinski definition) is 2. The predicted octanol–water partition coefficient (Wildman–Crippen LogP) is 1.26. The molecule has 0 unspecified atom stereocenters. The van der Waals surface area contributed by atoms with Crippen LogP contribution in [0.4, 0.5) is 5.69 Å². The van der Waals surface area contributed by atoms with Gasteiger partial charge in [-0.25, -0.2) is 0 Å². The number of thiocarbonyl (C=S) groups is 1. The van der Waals surface area contributed by atoms with E-state index in [1.807, 2.05) is 24.3 Å². The Kier molecular flexibility index (Phi) is 4.80. The van der Waals surface area contributed by atoms with Crippen LogP contribution in [0.2, 0.25) is 5.02 Å². The number of anilines is 1. The van der Waals surface area contributed by atoms with E-state index in [0.29, 0.717) is 5.02 Å². The van der Waals surface area contributed by atoms with Gasteiger partial charge in [0.25, 0.3) is 0 Å². The first-order valence-electron chi connectivity index (χ1n) is 6.34. The first-order valence-corrected chi connectivity index (χ1v) is 7.13. The molecule has 98 valence electrons. The molecule has 3 nitrogen and oxygen atoms in total. The number of likely N-dealkylation sites (N-methyl/N-ethyl adjacent to an activating group) is 1. The second-order valence-electron chi connectivity index (χ2n) is 4.50. The summed E-state index contributed by atoms with van der Waals surface area (Å²) in [5.41, 5.74) is 0.884. The lowest BCUT2D eigenvalue weighted by Crippen LogP contribution is -3.14. The number of nitrogens with zero attached hydrogens (tertiary/aromatic N) is 1. The van der Waals surface area contributed by atoms with Crippen molar-refractivity contribution in [2.45, 2.75) is 6.92 Å². The van der Waals surface area contributed by atoms with Crippen molar-refractivity contribution >= 4 is 34.6 Å². The lowest BCUT2D eigenvalue weighted by atomic mass is 10.3. The Labute approximate surface area is 119 Å². The van der Waals surface area contributed by atoms with E-state index in [2.05, 4.69) is 17.1 Å². The third-order valence-corrected chi connectivity index (χ3v) is 4.06. The van der Waals surface area contributed by atoms with E-state index < -0.39 is 0 Å². The summed E-state index contributed by atoms with van der Waals surface area (Å²) in [6, 6.07) is 7.68. The van der Waals surface area contributed by atoms with E-state index >= 15 is 0 Å². The van der Waals surface area contributed by atoms with Crippen LogP contribution in [0.5, 0.6) is 0 Å². The van der Waals surface area contributed by atoms with Crippen LogP contribution in [-0.2, 0) is 0 Å². The van der Waals surface area contributed by atoms with Gasteiger partial charge >= 0.3 is 0 Å². The monoisotopic (exact) mass is 284 g/mol. The molecule has 1 aromatic carbocycles. The number of quaternary nitrogens is 1. The Hall–Kier alpha value is -0.840. The van der Waals surface area contributed by atoms with Crippen LogP contribution in [0.25, 0.3) is 0 Å². The van der Waals surface area contributed by atoms with Crippen LogP contribution < -0.4 is 10.2 Å². The predicted molar refractivity (Wildman–Crippen MR) is 80.5 cm³/mol. The lowest BCUT2D eigenvalue weighted by molar-refractivity contribution is -0.902. The molecule has 18 heavy (non-hydrogen) atoms.